The quantitative estimate of drug-likeness (QED) is 0.670. The number of benzene rings is 2. The topological polar surface area (TPSA) is 91.1 Å². The molecule has 6 heteroatoms. The second-order valence-electron chi connectivity index (χ2n) is 4.72. The largest absolute Gasteiger partial charge is 0.508 e. The molecule has 0 aliphatic heterocycles. The van der Waals surface area contributed by atoms with Crippen molar-refractivity contribution in [2.45, 2.75) is 6.92 Å². The molecule has 3 aromatic rings. The average Bonchev–Trinajstić information content (AvgIpc) is 2.82. The van der Waals surface area contributed by atoms with Crippen LogP contribution in [0.3, 0.4) is 0 Å². The maximum absolute atomic E-state index is 12.0. The molecule has 0 atom stereocenters. The summed E-state index contributed by atoms with van der Waals surface area (Å²) in [6.45, 7) is 1.95. The first-order valence-electron chi connectivity index (χ1n) is 6.33. The molecule has 1 heterocycles. The molecule has 6 nitrogen and oxygen atoms in total. The van der Waals surface area contributed by atoms with Crippen LogP contribution >= 0.6 is 0 Å². The number of nitrogens with one attached hydrogen (secondary N) is 1. The number of phenols is 2. The molecule has 0 amide bonds. The second-order valence-corrected chi connectivity index (χ2v) is 4.72. The third-order valence-electron chi connectivity index (χ3n) is 3.19. The predicted molar refractivity (Wildman–Crippen MR) is 77.7 cm³/mol. The maximum atomic E-state index is 12.0. The number of phenolic OH excluding ortho intramolecular Hbond substituents is 2. The fourth-order valence-electron chi connectivity index (χ4n) is 2.12. The van der Waals surface area contributed by atoms with Gasteiger partial charge in [0.2, 0.25) is 0 Å². The Bertz CT molecular complexity index is 847. The molecule has 0 bridgehead atoms. The first kappa shape index (κ1) is 13.0. The van der Waals surface area contributed by atoms with E-state index in [9.17, 15) is 15.0 Å². The predicted octanol–water partition coefficient (Wildman–Crippen LogP) is 1.95. The van der Waals surface area contributed by atoms with Gasteiger partial charge in [0.25, 0.3) is 0 Å². The molecule has 1 aromatic heterocycles. The van der Waals surface area contributed by atoms with E-state index in [0.29, 0.717) is 11.3 Å². The smallest absolute Gasteiger partial charge is 0.348 e. The van der Waals surface area contributed by atoms with E-state index in [2.05, 4.69) is 10.2 Å². The number of nitrogens with zero attached hydrogens (tertiary/aromatic N) is 2. The Labute approximate surface area is 119 Å². The summed E-state index contributed by atoms with van der Waals surface area (Å²) in [5.41, 5.74) is 1.67. The monoisotopic (exact) mass is 283 g/mol. The van der Waals surface area contributed by atoms with E-state index in [-0.39, 0.29) is 17.3 Å². The van der Waals surface area contributed by atoms with Crippen molar-refractivity contribution >= 4 is 0 Å². The van der Waals surface area contributed by atoms with Crippen molar-refractivity contribution in [3.8, 4) is 28.6 Å². The van der Waals surface area contributed by atoms with Gasteiger partial charge in [0.15, 0.2) is 5.82 Å². The van der Waals surface area contributed by atoms with Crippen LogP contribution in [0, 0.1) is 6.92 Å². The molecular formula is C15H13N3O3. The lowest BCUT2D eigenvalue weighted by Gasteiger charge is -2.08. The number of aromatic hydroxyl groups is 2. The zero-order valence-corrected chi connectivity index (χ0v) is 11.2. The van der Waals surface area contributed by atoms with Gasteiger partial charge in [-0.2, -0.15) is 5.10 Å². The van der Waals surface area contributed by atoms with Gasteiger partial charge < -0.3 is 10.2 Å². The summed E-state index contributed by atoms with van der Waals surface area (Å²) in [5, 5.41) is 25.6. The number of aromatic amines is 1. The first-order valence-corrected chi connectivity index (χ1v) is 6.33. The summed E-state index contributed by atoms with van der Waals surface area (Å²) in [7, 11) is 0. The normalized spacial score (nSPS) is 10.7. The van der Waals surface area contributed by atoms with Gasteiger partial charge in [-0.05, 0) is 31.2 Å². The lowest BCUT2D eigenvalue weighted by Crippen LogP contribution is -2.15. The third-order valence-corrected chi connectivity index (χ3v) is 3.19. The number of aryl methyl sites for hydroxylation is 1. The van der Waals surface area contributed by atoms with Crippen LogP contribution in [0.15, 0.2) is 47.3 Å². The lowest BCUT2D eigenvalue weighted by molar-refractivity contribution is 0.451. The molecule has 0 saturated heterocycles. The molecular weight excluding hydrogens is 270 g/mol. The summed E-state index contributed by atoms with van der Waals surface area (Å²) >= 11 is 0. The van der Waals surface area contributed by atoms with Gasteiger partial charge in [-0.1, -0.05) is 17.7 Å². The molecule has 3 N–H and O–H groups in total. The molecule has 2 aromatic carbocycles. The van der Waals surface area contributed by atoms with Crippen LogP contribution in [0.1, 0.15) is 5.56 Å². The molecule has 21 heavy (non-hydrogen) atoms. The number of hydrogen-bond acceptors (Lipinski definition) is 4. The molecule has 106 valence electrons. The Morgan fingerprint density at radius 3 is 2.48 bits per heavy atom. The minimum Gasteiger partial charge on any atom is -0.508 e. The SMILES string of the molecule is Cc1ccc(-n2c(-c3ccc(O)cc3O)n[nH]c2=O)cc1. The highest BCUT2D eigenvalue weighted by Gasteiger charge is 2.15. The lowest BCUT2D eigenvalue weighted by atomic mass is 10.1. The van der Waals surface area contributed by atoms with E-state index in [1.807, 2.05) is 19.1 Å². The van der Waals surface area contributed by atoms with E-state index in [4.69, 9.17) is 0 Å². The first-order chi connectivity index (χ1) is 10.1. The van der Waals surface area contributed by atoms with Crippen LogP contribution in [-0.2, 0) is 0 Å². The fraction of sp³-hybridized carbons (Fsp3) is 0.0667. The van der Waals surface area contributed by atoms with E-state index in [0.717, 1.165) is 5.56 Å². The van der Waals surface area contributed by atoms with Crippen molar-refractivity contribution in [3.63, 3.8) is 0 Å². The van der Waals surface area contributed by atoms with Gasteiger partial charge in [0.05, 0.1) is 11.3 Å². The standard InChI is InChI=1S/C15H13N3O3/c1-9-2-4-10(5-3-9)18-14(16-17-15(18)21)12-7-6-11(19)8-13(12)20/h2-8,19-20H,1H3,(H,17,21). The maximum Gasteiger partial charge on any atom is 0.348 e. The molecule has 0 unspecified atom stereocenters. The van der Waals surface area contributed by atoms with Gasteiger partial charge in [-0.25, -0.2) is 14.5 Å². The Balaban J connectivity index is 2.21. The molecule has 0 aliphatic carbocycles. The van der Waals surface area contributed by atoms with Crippen molar-refractivity contribution in [3.05, 3.63) is 58.5 Å². The highest BCUT2D eigenvalue weighted by atomic mass is 16.3. The summed E-state index contributed by atoms with van der Waals surface area (Å²) < 4.78 is 1.37. The highest BCUT2D eigenvalue weighted by molar-refractivity contribution is 5.66. The Morgan fingerprint density at radius 2 is 1.81 bits per heavy atom. The highest BCUT2D eigenvalue weighted by Crippen LogP contribution is 2.31. The molecule has 3 rings (SSSR count). The van der Waals surface area contributed by atoms with Crippen LogP contribution < -0.4 is 5.69 Å². The van der Waals surface area contributed by atoms with Crippen molar-refractivity contribution in [2.75, 3.05) is 0 Å². The Morgan fingerprint density at radius 1 is 1.10 bits per heavy atom. The second kappa shape index (κ2) is 4.82. The summed E-state index contributed by atoms with van der Waals surface area (Å²) in [6, 6.07) is 11.5. The minimum absolute atomic E-state index is 0.0592. The van der Waals surface area contributed by atoms with E-state index >= 15 is 0 Å². The summed E-state index contributed by atoms with van der Waals surface area (Å²) in [4.78, 5) is 12.0. The number of rotatable bonds is 2. The van der Waals surface area contributed by atoms with Gasteiger partial charge in [-0.15, -0.1) is 0 Å². The Kier molecular flexibility index (Phi) is 2.98. The number of hydrogen-bond donors (Lipinski definition) is 3. The fourth-order valence-corrected chi connectivity index (χ4v) is 2.12. The van der Waals surface area contributed by atoms with Gasteiger partial charge in [0.1, 0.15) is 11.5 Å². The van der Waals surface area contributed by atoms with Crippen LogP contribution in [-0.4, -0.2) is 25.0 Å². The number of aromatic nitrogens is 3. The van der Waals surface area contributed by atoms with Crippen LogP contribution in [0.25, 0.3) is 17.1 Å². The van der Waals surface area contributed by atoms with Crippen LogP contribution in [0.5, 0.6) is 11.5 Å². The van der Waals surface area contributed by atoms with E-state index in [1.165, 1.54) is 22.8 Å². The molecule has 0 fully saturated rings. The minimum atomic E-state index is -0.402. The molecule has 0 saturated carbocycles. The van der Waals surface area contributed by atoms with E-state index < -0.39 is 5.69 Å². The average molecular weight is 283 g/mol. The van der Waals surface area contributed by atoms with Crippen molar-refractivity contribution < 1.29 is 10.2 Å². The van der Waals surface area contributed by atoms with Crippen LogP contribution in [0.2, 0.25) is 0 Å². The molecule has 0 spiro atoms. The van der Waals surface area contributed by atoms with Gasteiger partial charge >= 0.3 is 5.69 Å². The number of H-pyrrole nitrogens is 1. The van der Waals surface area contributed by atoms with E-state index in [1.54, 1.807) is 12.1 Å². The molecule has 0 aliphatic rings. The zero-order chi connectivity index (χ0) is 15.0. The van der Waals surface area contributed by atoms with Crippen LogP contribution in [0.4, 0.5) is 0 Å². The van der Waals surface area contributed by atoms with Gasteiger partial charge in [-0.3, -0.25) is 0 Å². The van der Waals surface area contributed by atoms with Crippen molar-refractivity contribution in [1.29, 1.82) is 0 Å². The van der Waals surface area contributed by atoms with Crippen molar-refractivity contribution in [2.24, 2.45) is 0 Å². The summed E-state index contributed by atoms with van der Waals surface area (Å²) in [6.07, 6.45) is 0. The molecule has 0 radical (unpaired) electrons. The van der Waals surface area contributed by atoms with Crippen molar-refractivity contribution in [1.82, 2.24) is 14.8 Å². The summed E-state index contributed by atoms with van der Waals surface area (Å²) in [5.74, 6) is 0.0692. The third kappa shape index (κ3) is 2.27. The zero-order valence-electron chi connectivity index (χ0n) is 11.2. The van der Waals surface area contributed by atoms with Gasteiger partial charge in [0, 0.05) is 6.07 Å². The Hall–Kier alpha value is -3.02.